The van der Waals surface area contributed by atoms with Gasteiger partial charge in [-0.25, -0.2) is 4.79 Å². The minimum Gasteiger partial charge on any atom is -0.467 e. The Balaban J connectivity index is 3.21. The SMILES string of the molecule is COC(=O)C(C)(O)c1ccc(Cl)cc1Cl. The Labute approximate surface area is 97.6 Å². The zero-order valence-corrected chi connectivity index (χ0v) is 9.76. The molecule has 82 valence electrons. The molecule has 1 aromatic carbocycles. The predicted octanol–water partition coefficient (Wildman–Crippen LogP) is 2.37. The first-order valence-electron chi connectivity index (χ1n) is 4.16. The van der Waals surface area contributed by atoms with Gasteiger partial charge >= 0.3 is 5.97 Å². The Hall–Kier alpha value is -0.770. The highest BCUT2D eigenvalue weighted by molar-refractivity contribution is 6.35. The minimum atomic E-state index is -1.77. The normalized spacial score (nSPS) is 14.5. The maximum atomic E-state index is 11.3. The Morgan fingerprint density at radius 2 is 2.07 bits per heavy atom. The largest absolute Gasteiger partial charge is 0.467 e. The highest BCUT2D eigenvalue weighted by Crippen LogP contribution is 2.30. The van der Waals surface area contributed by atoms with Gasteiger partial charge in [0, 0.05) is 15.6 Å². The Morgan fingerprint density at radius 1 is 1.47 bits per heavy atom. The standard InChI is InChI=1S/C10H10Cl2O3/c1-10(14,9(13)15-2)7-4-3-6(11)5-8(7)12/h3-5,14H,1-2H3. The fourth-order valence-electron chi connectivity index (χ4n) is 1.19. The van der Waals surface area contributed by atoms with E-state index in [0.717, 1.165) is 0 Å². The third-order valence-corrected chi connectivity index (χ3v) is 2.59. The van der Waals surface area contributed by atoms with Crippen molar-refractivity contribution < 1.29 is 14.6 Å². The predicted molar refractivity (Wildman–Crippen MR) is 58.0 cm³/mol. The molecule has 5 heteroatoms. The number of benzene rings is 1. The summed E-state index contributed by atoms with van der Waals surface area (Å²) < 4.78 is 4.47. The Morgan fingerprint density at radius 3 is 2.53 bits per heavy atom. The van der Waals surface area contributed by atoms with Crippen LogP contribution in [0.25, 0.3) is 0 Å². The van der Waals surface area contributed by atoms with Crippen LogP contribution >= 0.6 is 23.2 Å². The number of esters is 1. The van der Waals surface area contributed by atoms with Gasteiger partial charge in [-0.05, 0) is 19.1 Å². The molecule has 0 spiro atoms. The van der Waals surface area contributed by atoms with Gasteiger partial charge in [-0.15, -0.1) is 0 Å². The van der Waals surface area contributed by atoms with Gasteiger partial charge in [0.05, 0.1) is 7.11 Å². The maximum Gasteiger partial charge on any atom is 0.342 e. The van der Waals surface area contributed by atoms with Crippen molar-refractivity contribution >= 4 is 29.2 Å². The van der Waals surface area contributed by atoms with E-state index < -0.39 is 11.6 Å². The molecule has 0 aliphatic heterocycles. The van der Waals surface area contributed by atoms with Gasteiger partial charge < -0.3 is 9.84 Å². The third-order valence-electron chi connectivity index (χ3n) is 2.04. The molecule has 0 heterocycles. The number of aliphatic hydroxyl groups is 1. The van der Waals surface area contributed by atoms with Crippen LogP contribution in [0.1, 0.15) is 12.5 Å². The zero-order valence-electron chi connectivity index (χ0n) is 8.25. The molecule has 1 N–H and O–H groups in total. The van der Waals surface area contributed by atoms with Gasteiger partial charge in [-0.2, -0.15) is 0 Å². The molecule has 1 aromatic rings. The fraction of sp³-hybridized carbons (Fsp3) is 0.300. The molecule has 0 bridgehead atoms. The first-order valence-corrected chi connectivity index (χ1v) is 4.91. The van der Waals surface area contributed by atoms with Crippen molar-refractivity contribution in [1.82, 2.24) is 0 Å². The van der Waals surface area contributed by atoms with Crippen LogP contribution in [-0.4, -0.2) is 18.2 Å². The van der Waals surface area contributed by atoms with Crippen molar-refractivity contribution in [2.75, 3.05) is 7.11 Å². The summed E-state index contributed by atoms with van der Waals surface area (Å²) in [6.07, 6.45) is 0. The molecule has 0 radical (unpaired) electrons. The number of hydrogen-bond acceptors (Lipinski definition) is 3. The van der Waals surface area contributed by atoms with Crippen LogP contribution in [0.3, 0.4) is 0 Å². The molecule has 0 saturated heterocycles. The van der Waals surface area contributed by atoms with E-state index in [2.05, 4.69) is 4.74 Å². The van der Waals surface area contributed by atoms with Crippen LogP contribution in [-0.2, 0) is 15.1 Å². The molecule has 0 fully saturated rings. The summed E-state index contributed by atoms with van der Waals surface area (Å²) in [5.74, 6) is -0.772. The zero-order chi connectivity index (χ0) is 11.6. The lowest BCUT2D eigenvalue weighted by Crippen LogP contribution is -2.33. The average Bonchev–Trinajstić information content (AvgIpc) is 2.15. The first-order chi connectivity index (χ1) is 6.89. The van der Waals surface area contributed by atoms with Gasteiger partial charge in [0.25, 0.3) is 0 Å². The fourth-order valence-corrected chi connectivity index (χ4v) is 1.79. The van der Waals surface area contributed by atoms with Crippen LogP contribution in [0.5, 0.6) is 0 Å². The number of hydrogen-bond donors (Lipinski definition) is 1. The number of carbonyl (C=O) groups is 1. The molecule has 1 atom stereocenters. The van der Waals surface area contributed by atoms with Crippen molar-refractivity contribution in [3.8, 4) is 0 Å². The second-order valence-electron chi connectivity index (χ2n) is 3.19. The van der Waals surface area contributed by atoms with E-state index in [9.17, 15) is 9.90 Å². The summed E-state index contributed by atoms with van der Waals surface area (Å²) >= 11 is 11.6. The monoisotopic (exact) mass is 248 g/mol. The highest BCUT2D eigenvalue weighted by atomic mass is 35.5. The molecular weight excluding hydrogens is 239 g/mol. The van der Waals surface area contributed by atoms with Crippen LogP contribution in [0.4, 0.5) is 0 Å². The van der Waals surface area contributed by atoms with Gasteiger partial charge in [0.1, 0.15) is 0 Å². The molecule has 0 aliphatic carbocycles. The van der Waals surface area contributed by atoms with Crippen LogP contribution in [0.2, 0.25) is 10.0 Å². The van der Waals surface area contributed by atoms with Crippen molar-refractivity contribution in [1.29, 1.82) is 0 Å². The molecule has 0 aliphatic rings. The summed E-state index contributed by atoms with van der Waals surface area (Å²) in [4.78, 5) is 11.3. The smallest absolute Gasteiger partial charge is 0.342 e. The van der Waals surface area contributed by atoms with Gasteiger partial charge in [-0.1, -0.05) is 29.3 Å². The Kier molecular flexibility index (Phi) is 3.60. The van der Waals surface area contributed by atoms with E-state index in [4.69, 9.17) is 23.2 Å². The summed E-state index contributed by atoms with van der Waals surface area (Å²) in [5, 5.41) is 10.6. The first kappa shape index (κ1) is 12.3. The molecule has 0 saturated carbocycles. The van der Waals surface area contributed by atoms with E-state index in [1.165, 1.54) is 26.2 Å². The van der Waals surface area contributed by atoms with Crippen LogP contribution in [0.15, 0.2) is 18.2 Å². The second kappa shape index (κ2) is 4.39. The summed E-state index contributed by atoms with van der Waals surface area (Å²) in [6.45, 7) is 1.31. The van der Waals surface area contributed by atoms with Gasteiger partial charge in [0.15, 0.2) is 5.60 Å². The molecular formula is C10H10Cl2O3. The minimum absolute atomic E-state index is 0.220. The summed E-state index contributed by atoms with van der Waals surface area (Å²) in [5.41, 5.74) is -1.50. The molecule has 1 rings (SSSR count). The number of carbonyl (C=O) groups excluding carboxylic acids is 1. The molecule has 15 heavy (non-hydrogen) atoms. The molecule has 3 nitrogen and oxygen atoms in total. The lowest BCUT2D eigenvalue weighted by Gasteiger charge is -2.21. The van der Waals surface area contributed by atoms with Crippen LogP contribution in [0, 0.1) is 0 Å². The van der Waals surface area contributed by atoms with E-state index in [-0.39, 0.29) is 10.6 Å². The number of halogens is 2. The number of methoxy groups -OCH3 is 1. The van der Waals surface area contributed by atoms with E-state index in [1.54, 1.807) is 6.07 Å². The highest BCUT2D eigenvalue weighted by Gasteiger charge is 2.35. The summed E-state index contributed by atoms with van der Waals surface area (Å²) in [7, 11) is 1.20. The van der Waals surface area contributed by atoms with Crippen molar-refractivity contribution in [2.24, 2.45) is 0 Å². The maximum absolute atomic E-state index is 11.3. The molecule has 1 unspecified atom stereocenters. The van der Waals surface area contributed by atoms with Crippen LogP contribution < -0.4 is 0 Å². The second-order valence-corrected chi connectivity index (χ2v) is 4.03. The quantitative estimate of drug-likeness (QED) is 0.818. The Bertz CT molecular complexity index is 388. The van der Waals surface area contributed by atoms with E-state index in [1.807, 2.05) is 0 Å². The van der Waals surface area contributed by atoms with Crippen molar-refractivity contribution in [3.05, 3.63) is 33.8 Å². The third kappa shape index (κ3) is 2.43. The summed E-state index contributed by atoms with van der Waals surface area (Å²) in [6, 6.07) is 4.48. The number of ether oxygens (including phenoxy) is 1. The molecule has 0 aromatic heterocycles. The van der Waals surface area contributed by atoms with Crippen molar-refractivity contribution in [2.45, 2.75) is 12.5 Å². The van der Waals surface area contributed by atoms with E-state index >= 15 is 0 Å². The topological polar surface area (TPSA) is 46.5 Å². The lowest BCUT2D eigenvalue weighted by atomic mass is 9.96. The van der Waals surface area contributed by atoms with E-state index in [0.29, 0.717) is 5.02 Å². The van der Waals surface area contributed by atoms with Gasteiger partial charge in [0.2, 0.25) is 0 Å². The molecule has 0 amide bonds. The average molecular weight is 249 g/mol. The lowest BCUT2D eigenvalue weighted by molar-refractivity contribution is -0.161. The van der Waals surface area contributed by atoms with Crippen molar-refractivity contribution in [3.63, 3.8) is 0 Å². The number of rotatable bonds is 2. The van der Waals surface area contributed by atoms with Gasteiger partial charge in [-0.3, -0.25) is 0 Å².